The lowest BCUT2D eigenvalue weighted by molar-refractivity contribution is 1.43. The number of nitrogens with one attached hydrogen (secondary N) is 1. The molecule has 0 heterocycles. The first-order chi connectivity index (χ1) is 9.13. The van der Waals surface area contributed by atoms with Crippen LogP contribution < -0.4 is 5.32 Å². The minimum absolute atomic E-state index is 0.520. The van der Waals surface area contributed by atoms with Gasteiger partial charge in [0.15, 0.2) is 0 Å². The number of rotatable bonds is 2. The highest BCUT2D eigenvalue weighted by atomic mass is 79.9. The van der Waals surface area contributed by atoms with Crippen molar-refractivity contribution in [3.05, 3.63) is 56.5 Å². The maximum atomic E-state index is 9.09. The summed E-state index contributed by atoms with van der Waals surface area (Å²) in [5, 5.41) is 21.3. The van der Waals surface area contributed by atoms with Crippen LogP contribution in [-0.4, -0.2) is 0 Å². The second kappa shape index (κ2) is 5.88. The smallest absolute Gasteiger partial charge is 0.101 e. The van der Waals surface area contributed by atoms with Crippen LogP contribution in [0, 0.1) is 22.7 Å². The lowest BCUT2D eigenvalue weighted by Crippen LogP contribution is -1.96. The Labute approximate surface area is 127 Å². The lowest BCUT2D eigenvalue weighted by Gasteiger charge is -2.10. The molecule has 0 amide bonds. The van der Waals surface area contributed by atoms with Crippen LogP contribution in [-0.2, 0) is 0 Å². The summed E-state index contributed by atoms with van der Waals surface area (Å²) in [6.45, 7) is 0. The molecule has 0 unspecified atom stereocenters. The molecule has 0 aliphatic rings. The highest BCUT2D eigenvalue weighted by Gasteiger charge is 2.07. The Bertz CT molecular complexity index is 650. The van der Waals surface area contributed by atoms with Crippen molar-refractivity contribution >= 4 is 43.2 Å². The zero-order valence-corrected chi connectivity index (χ0v) is 12.8. The predicted octanol–water partition coefficient (Wildman–Crippen LogP) is 4.70. The third kappa shape index (κ3) is 3.14. The van der Waals surface area contributed by atoms with Gasteiger partial charge in [0.25, 0.3) is 0 Å². The Morgan fingerprint density at radius 1 is 0.789 bits per heavy atom. The summed E-state index contributed by atoms with van der Waals surface area (Å²) < 4.78 is 1.73. The van der Waals surface area contributed by atoms with Crippen molar-refractivity contribution in [2.24, 2.45) is 0 Å². The highest BCUT2D eigenvalue weighted by molar-refractivity contribution is 9.10. The second-order valence-corrected chi connectivity index (χ2v) is 5.56. The monoisotopic (exact) mass is 375 g/mol. The molecule has 0 fully saturated rings. The van der Waals surface area contributed by atoms with Gasteiger partial charge >= 0.3 is 0 Å². The summed E-state index contributed by atoms with van der Waals surface area (Å²) in [7, 11) is 0. The Hall–Kier alpha value is -1.82. The van der Waals surface area contributed by atoms with E-state index < -0.39 is 0 Å². The van der Waals surface area contributed by atoms with E-state index >= 15 is 0 Å². The first kappa shape index (κ1) is 13.6. The number of halogens is 2. The lowest BCUT2D eigenvalue weighted by atomic mass is 10.1. The SMILES string of the molecule is N#Cc1ccc(Br)cc1Nc1cc(Br)ccc1C#N. The van der Waals surface area contributed by atoms with Crippen molar-refractivity contribution in [1.29, 1.82) is 10.5 Å². The van der Waals surface area contributed by atoms with Gasteiger partial charge in [0.2, 0.25) is 0 Å². The fraction of sp³-hybridized carbons (Fsp3) is 0. The molecule has 0 spiro atoms. The van der Waals surface area contributed by atoms with E-state index in [4.69, 9.17) is 10.5 Å². The van der Waals surface area contributed by atoms with E-state index in [2.05, 4.69) is 49.3 Å². The molecule has 0 radical (unpaired) electrons. The van der Waals surface area contributed by atoms with Gasteiger partial charge in [-0.05, 0) is 36.4 Å². The van der Waals surface area contributed by atoms with Crippen molar-refractivity contribution in [3.63, 3.8) is 0 Å². The van der Waals surface area contributed by atoms with Crippen molar-refractivity contribution in [2.75, 3.05) is 5.32 Å². The van der Waals surface area contributed by atoms with Gasteiger partial charge in [0.05, 0.1) is 22.5 Å². The van der Waals surface area contributed by atoms with Gasteiger partial charge in [-0.1, -0.05) is 31.9 Å². The molecule has 1 N–H and O–H groups in total. The van der Waals surface area contributed by atoms with Crippen molar-refractivity contribution in [3.8, 4) is 12.1 Å². The highest BCUT2D eigenvalue weighted by Crippen LogP contribution is 2.28. The molecule has 0 atom stereocenters. The van der Waals surface area contributed by atoms with Crippen LogP contribution in [0.2, 0.25) is 0 Å². The van der Waals surface area contributed by atoms with Gasteiger partial charge in [0.1, 0.15) is 12.1 Å². The molecular formula is C14H7Br2N3. The van der Waals surface area contributed by atoms with Gasteiger partial charge in [-0.3, -0.25) is 0 Å². The molecule has 92 valence electrons. The standard InChI is InChI=1S/C14H7Br2N3/c15-11-3-1-9(7-17)13(5-11)19-14-6-12(16)4-2-10(14)8-18/h1-6,19H. The van der Waals surface area contributed by atoms with Crippen LogP contribution in [0.1, 0.15) is 11.1 Å². The molecule has 2 aromatic rings. The minimum atomic E-state index is 0.520. The maximum Gasteiger partial charge on any atom is 0.101 e. The van der Waals surface area contributed by atoms with Gasteiger partial charge in [-0.15, -0.1) is 0 Å². The number of nitriles is 2. The van der Waals surface area contributed by atoms with Gasteiger partial charge < -0.3 is 5.32 Å². The maximum absolute atomic E-state index is 9.09. The third-order valence-electron chi connectivity index (χ3n) is 2.47. The zero-order chi connectivity index (χ0) is 13.8. The Morgan fingerprint density at radius 3 is 1.58 bits per heavy atom. The number of anilines is 2. The average Bonchev–Trinajstić information content (AvgIpc) is 2.39. The van der Waals surface area contributed by atoms with E-state index in [9.17, 15) is 0 Å². The Kier molecular flexibility index (Phi) is 4.21. The van der Waals surface area contributed by atoms with Crippen LogP contribution in [0.25, 0.3) is 0 Å². The summed E-state index contributed by atoms with van der Waals surface area (Å²) in [5.41, 5.74) is 2.36. The quantitative estimate of drug-likeness (QED) is 0.826. The molecule has 0 saturated heterocycles. The minimum Gasteiger partial charge on any atom is -0.353 e. The van der Waals surface area contributed by atoms with E-state index in [0.29, 0.717) is 22.5 Å². The summed E-state index contributed by atoms with van der Waals surface area (Å²) in [6, 6.07) is 14.9. The topological polar surface area (TPSA) is 59.6 Å². The zero-order valence-electron chi connectivity index (χ0n) is 9.61. The van der Waals surface area contributed by atoms with Crippen LogP contribution in [0.3, 0.4) is 0 Å². The molecule has 0 aliphatic carbocycles. The summed E-state index contributed by atoms with van der Waals surface area (Å²) >= 11 is 6.73. The van der Waals surface area contributed by atoms with Crippen LogP contribution in [0.15, 0.2) is 45.3 Å². The van der Waals surface area contributed by atoms with Gasteiger partial charge in [0, 0.05) is 8.95 Å². The fourth-order valence-electron chi connectivity index (χ4n) is 1.58. The molecular weight excluding hydrogens is 370 g/mol. The van der Waals surface area contributed by atoms with E-state index in [0.717, 1.165) is 8.95 Å². The molecule has 2 aromatic carbocycles. The summed E-state index contributed by atoms with van der Waals surface area (Å²) in [5.74, 6) is 0. The molecule has 0 bridgehead atoms. The van der Waals surface area contributed by atoms with Crippen molar-refractivity contribution < 1.29 is 0 Å². The molecule has 19 heavy (non-hydrogen) atoms. The number of nitrogens with zero attached hydrogens (tertiary/aromatic N) is 2. The molecule has 0 saturated carbocycles. The number of benzene rings is 2. The first-order valence-electron chi connectivity index (χ1n) is 5.30. The summed E-state index contributed by atoms with van der Waals surface area (Å²) in [4.78, 5) is 0. The first-order valence-corrected chi connectivity index (χ1v) is 6.89. The van der Waals surface area contributed by atoms with Crippen LogP contribution in [0.5, 0.6) is 0 Å². The van der Waals surface area contributed by atoms with Crippen molar-refractivity contribution in [1.82, 2.24) is 0 Å². The van der Waals surface area contributed by atoms with Gasteiger partial charge in [-0.2, -0.15) is 10.5 Å². The molecule has 2 rings (SSSR count). The molecule has 0 aliphatic heterocycles. The van der Waals surface area contributed by atoms with Crippen LogP contribution >= 0.6 is 31.9 Å². The Morgan fingerprint density at radius 2 is 1.21 bits per heavy atom. The van der Waals surface area contributed by atoms with E-state index in [-0.39, 0.29) is 0 Å². The fourth-order valence-corrected chi connectivity index (χ4v) is 2.30. The van der Waals surface area contributed by atoms with Gasteiger partial charge in [-0.25, -0.2) is 0 Å². The largest absolute Gasteiger partial charge is 0.353 e. The van der Waals surface area contributed by atoms with E-state index in [1.807, 2.05) is 0 Å². The predicted molar refractivity (Wildman–Crippen MR) is 81.0 cm³/mol. The molecule has 0 aromatic heterocycles. The van der Waals surface area contributed by atoms with Crippen molar-refractivity contribution in [2.45, 2.75) is 0 Å². The second-order valence-electron chi connectivity index (χ2n) is 3.73. The number of hydrogen-bond donors (Lipinski definition) is 1. The van der Waals surface area contributed by atoms with E-state index in [1.54, 1.807) is 36.4 Å². The summed E-state index contributed by atoms with van der Waals surface area (Å²) in [6.07, 6.45) is 0. The van der Waals surface area contributed by atoms with E-state index in [1.165, 1.54) is 0 Å². The number of hydrogen-bond acceptors (Lipinski definition) is 3. The Balaban J connectivity index is 2.48. The average molecular weight is 377 g/mol. The molecule has 5 heteroatoms. The normalized spacial score (nSPS) is 9.47. The van der Waals surface area contributed by atoms with Crippen LogP contribution in [0.4, 0.5) is 11.4 Å². The third-order valence-corrected chi connectivity index (χ3v) is 3.46. The molecule has 3 nitrogen and oxygen atoms in total.